The summed E-state index contributed by atoms with van der Waals surface area (Å²) in [6.45, 7) is 0. The van der Waals surface area contributed by atoms with Crippen molar-refractivity contribution >= 4 is 0 Å². The Bertz CT molecular complexity index is 304. The molecule has 0 spiro atoms. The van der Waals surface area contributed by atoms with Gasteiger partial charge in [0.15, 0.2) is 0 Å². The van der Waals surface area contributed by atoms with E-state index in [2.05, 4.69) is 18.2 Å². The minimum absolute atomic E-state index is 0.470. The van der Waals surface area contributed by atoms with Gasteiger partial charge in [0, 0.05) is 6.42 Å². The van der Waals surface area contributed by atoms with Crippen molar-refractivity contribution in [3.8, 4) is 5.75 Å². The number of ether oxygens (including phenoxy) is 1. The summed E-state index contributed by atoms with van der Waals surface area (Å²) in [6.07, 6.45) is 4.03. The lowest BCUT2D eigenvalue weighted by Crippen LogP contribution is -2.21. The Kier molecular flexibility index (Phi) is 0.916. The third kappa shape index (κ3) is 0.710. The molecule has 1 atom stereocenters. The van der Waals surface area contributed by atoms with Crippen LogP contribution < -0.4 is 4.74 Å². The highest BCUT2D eigenvalue weighted by atomic mass is 16.5. The maximum atomic E-state index is 5.73. The van der Waals surface area contributed by atoms with Gasteiger partial charge in [-0.2, -0.15) is 0 Å². The van der Waals surface area contributed by atoms with E-state index in [1.807, 2.05) is 0 Å². The van der Waals surface area contributed by atoms with Gasteiger partial charge in [-0.1, -0.05) is 6.07 Å². The average Bonchev–Trinajstić information content (AvgIpc) is 2.37. The first-order valence-electron chi connectivity index (χ1n) is 4.20. The molecule has 0 saturated carbocycles. The van der Waals surface area contributed by atoms with Crippen LogP contribution in [0.4, 0.5) is 0 Å². The molecule has 3 heterocycles. The van der Waals surface area contributed by atoms with Crippen LogP contribution in [0.25, 0.3) is 0 Å². The number of rotatable bonds is 0. The van der Waals surface area contributed by atoms with Crippen molar-refractivity contribution in [3.63, 3.8) is 0 Å². The van der Waals surface area contributed by atoms with E-state index in [0.717, 1.165) is 12.2 Å². The van der Waals surface area contributed by atoms with Crippen LogP contribution in [-0.2, 0) is 12.8 Å². The van der Waals surface area contributed by atoms with Crippen LogP contribution in [0.3, 0.4) is 0 Å². The zero-order valence-corrected chi connectivity index (χ0v) is 6.34. The fourth-order valence-electron chi connectivity index (χ4n) is 2.06. The topological polar surface area (TPSA) is 9.23 Å². The van der Waals surface area contributed by atoms with E-state index in [0.29, 0.717) is 6.10 Å². The number of benzene rings is 1. The van der Waals surface area contributed by atoms with Crippen molar-refractivity contribution in [1.82, 2.24) is 0 Å². The molecule has 1 unspecified atom stereocenters. The Balaban J connectivity index is 2.29. The lowest BCUT2D eigenvalue weighted by molar-refractivity contribution is 0.195. The molecular formula is C10H10O. The van der Waals surface area contributed by atoms with Gasteiger partial charge in [-0.15, -0.1) is 0 Å². The molecule has 1 heteroatoms. The summed E-state index contributed by atoms with van der Waals surface area (Å²) >= 11 is 0. The molecule has 11 heavy (non-hydrogen) atoms. The first-order valence-corrected chi connectivity index (χ1v) is 4.20. The molecule has 1 aromatic rings. The number of fused-ring (bicyclic) bond motifs is 2. The molecule has 1 nitrogen and oxygen atoms in total. The second-order valence-electron chi connectivity index (χ2n) is 3.41. The van der Waals surface area contributed by atoms with Crippen LogP contribution in [0.1, 0.15) is 17.5 Å². The van der Waals surface area contributed by atoms with Crippen molar-refractivity contribution in [2.45, 2.75) is 25.4 Å². The minimum Gasteiger partial charge on any atom is -0.490 e. The molecule has 4 bridgehead atoms. The summed E-state index contributed by atoms with van der Waals surface area (Å²) in [6, 6.07) is 6.50. The normalized spacial score (nSPS) is 24.9. The molecular weight excluding hydrogens is 136 g/mol. The Morgan fingerprint density at radius 3 is 3.27 bits per heavy atom. The molecule has 0 radical (unpaired) electrons. The number of hydrogen-bond acceptors (Lipinski definition) is 1. The molecule has 5 rings (SSSR count). The predicted octanol–water partition coefficient (Wildman–Crippen LogP) is 1.94. The zero-order valence-electron chi connectivity index (χ0n) is 6.34. The highest BCUT2D eigenvalue weighted by molar-refractivity contribution is 5.40. The van der Waals surface area contributed by atoms with Crippen molar-refractivity contribution in [1.29, 1.82) is 0 Å². The van der Waals surface area contributed by atoms with Crippen molar-refractivity contribution in [2.24, 2.45) is 0 Å². The Hall–Kier alpha value is -0.980. The number of aryl methyl sites for hydroxylation is 1. The first-order chi connectivity index (χ1) is 5.42. The lowest BCUT2D eigenvalue weighted by Gasteiger charge is -2.18. The molecule has 1 aromatic carbocycles. The van der Waals surface area contributed by atoms with E-state index in [4.69, 9.17) is 4.74 Å². The van der Waals surface area contributed by atoms with Crippen LogP contribution in [-0.4, -0.2) is 6.10 Å². The molecule has 0 fully saturated rings. The molecule has 0 aromatic heterocycles. The summed E-state index contributed by atoms with van der Waals surface area (Å²) in [5.74, 6) is 1.07. The Morgan fingerprint density at radius 2 is 2.27 bits per heavy atom. The van der Waals surface area contributed by atoms with Crippen molar-refractivity contribution in [3.05, 3.63) is 29.3 Å². The van der Waals surface area contributed by atoms with Crippen LogP contribution in [0, 0.1) is 0 Å². The summed E-state index contributed by atoms with van der Waals surface area (Å²) in [7, 11) is 0. The van der Waals surface area contributed by atoms with E-state index in [1.54, 1.807) is 0 Å². The molecule has 0 saturated heterocycles. The van der Waals surface area contributed by atoms with Crippen LogP contribution in [0.2, 0.25) is 0 Å². The Morgan fingerprint density at radius 1 is 1.27 bits per heavy atom. The smallest absolute Gasteiger partial charge is 0.120 e. The molecule has 0 N–H and O–H groups in total. The lowest BCUT2D eigenvalue weighted by atomic mass is 9.91. The monoisotopic (exact) mass is 146 g/mol. The van der Waals surface area contributed by atoms with E-state index in [1.165, 1.54) is 24.0 Å². The maximum Gasteiger partial charge on any atom is 0.120 e. The minimum atomic E-state index is 0.470. The third-order valence-electron chi connectivity index (χ3n) is 2.66. The van der Waals surface area contributed by atoms with Gasteiger partial charge in [0.25, 0.3) is 0 Å². The van der Waals surface area contributed by atoms with Gasteiger partial charge >= 0.3 is 0 Å². The largest absolute Gasteiger partial charge is 0.490 e. The predicted molar refractivity (Wildman–Crippen MR) is 42.9 cm³/mol. The zero-order chi connectivity index (χ0) is 7.26. The number of hydrogen-bond donors (Lipinski definition) is 0. The molecule has 3 aliphatic heterocycles. The van der Waals surface area contributed by atoms with Crippen molar-refractivity contribution < 1.29 is 4.74 Å². The summed E-state index contributed by atoms with van der Waals surface area (Å²) in [4.78, 5) is 0. The van der Waals surface area contributed by atoms with Gasteiger partial charge < -0.3 is 4.74 Å². The van der Waals surface area contributed by atoms with E-state index in [-0.39, 0.29) is 0 Å². The fraction of sp³-hybridized carbons (Fsp3) is 0.400. The van der Waals surface area contributed by atoms with E-state index in [9.17, 15) is 0 Å². The molecule has 0 amide bonds. The highest BCUT2D eigenvalue weighted by Crippen LogP contribution is 2.32. The van der Waals surface area contributed by atoms with Crippen molar-refractivity contribution in [2.75, 3.05) is 0 Å². The van der Waals surface area contributed by atoms with Gasteiger partial charge in [-0.3, -0.25) is 0 Å². The van der Waals surface area contributed by atoms with Crippen LogP contribution in [0.15, 0.2) is 18.2 Å². The van der Waals surface area contributed by atoms with Crippen LogP contribution >= 0.6 is 0 Å². The first kappa shape index (κ1) is 5.64. The quantitative estimate of drug-likeness (QED) is 0.543. The second-order valence-corrected chi connectivity index (χ2v) is 3.41. The maximum absolute atomic E-state index is 5.73. The van der Waals surface area contributed by atoms with Gasteiger partial charge in [0.05, 0.1) is 0 Å². The summed E-state index contributed by atoms with van der Waals surface area (Å²) in [5, 5.41) is 0. The third-order valence-corrected chi connectivity index (χ3v) is 2.66. The molecule has 4 aliphatic rings. The Labute approximate surface area is 66.0 Å². The average molecular weight is 146 g/mol. The standard InChI is InChI=1S/C10H10O/c1-3-9-6-8-2-4-10(11-9)5-7(1)8/h1,3,6,10H,2,4-5H2. The second kappa shape index (κ2) is 1.79. The summed E-state index contributed by atoms with van der Waals surface area (Å²) < 4.78 is 5.73. The highest BCUT2D eigenvalue weighted by Gasteiger charge is 2.24. The van der Waals surface area contributed by atoms with E-state index < -0.39 is 0 Å². The van der Waals surface area contributed by atoms with Gasteiger partial charge in [-0.05, 0) is 36.1 Å². The van der Waals surface area contributed by atoms with Gasteiger partial charge in [-0.25, -0.2) is 0 Å². The molecule has 56 valence electrons. The molecule has 1 aliphatic carbocycles. The summed E-state index contributed by atoms with van der Waals surface area (Å²) in [5.41, 5.74) is 3.01. The fourth-order valence-corrected chi connectivity index (χ4v) is 2.06. The van der Waals surface area contributed by atoms with Gasteiger partial charge in [0.1, 0.15) is 11.9 Å². The van der Waals surface area contributed by atoms with Crippen LogP contribution in [0.5, 0.6) is 5.75 Å². The SMILES string of the molecule is c1cc2c3cc1OC(CC3)C2. The van der Waals surface area contributed by atoms with Gasteiger partial charge in [0.2, 0.25) is 0 Å². The van der Waals surface area contributed by atoms with E-state index >= 15 is 0 Å².